The van der Waals surface area contributed by atoms with Crippen molar-refractivity contribution in [2.75, 3.05) is 43.5 Å². The Kier molecular flexibility index (Phi) is 6.46. The summed E-state index contributed by atoms with van der Waals surface area (Å²) >= 11 is 12.9. The van der Waals surface area contributed by atoms with Crippen LogP contribution in [-0.2, 0) is 0 Å². The van der Waals surface area contributed by atoms with Crippen LogP contribution in [0, 0.1) is 5.82 Å². The summed E-state index contributed by atoms with van der Waals surface area (Å²) in [5, 5.41) is 7.58. The van der Waals surface area contributed by atoms with E-state index in [1.54, 1.807) is 12.1 Å². The molecule has 0 saturated carbocycles. The van der Waals surface area contributed by atoms with E-state index in [9.17, 15) is 9.18 Å². The zero-order valence-electron chi connectivity index (χ0n) is 18.7. The predicted molar refractivity (Wildman–Crippen MR) is 137 cm³/mol. The maximum absolute atomic E-state index is 14.9. The Morgan fingerprint density at radius 1 is 1.06 bits per heavy atom. The lowest BCUT2D eigenvalue weighted by molar-refractivity contribution is 0.167. The molecule has 1 fully saturated rings. The van der Waals surface area contributed by atoms with Gasteiger partial charge in [0.2, 0.25) is 5.95 Å². The van der Waals surface area contributed by atoms with Crippen molar-refractivity contribution in [1.29, 1.82) is 0 Å². The van der Waals surface area contributed by atoms with Gasteiger partial charge in [-0.25, -0.2) is 9.37 Å². The molecule has 180 valence electrons. The topological polar surface area (TPSA) is 84.3 Å². The number of fused-ring (bicyclic) bond motifs is 1. The first kappa shape index (κ1) is 23.3. The van der Waals surface area contributed by atoms with Crippen molar-refractivity contribution in [1.82, 2.24) is 20.0 Å². The molecule has 0 bridgehead atoms. The van der Waals surface area contributed by atoms with Crippen LogP contribution in [0.25, 0.3) is 22.3 Å². The zero-order chi connectivity index (χ0) is 24.5. The highest BCUT2D eigenvalue weighted by Crippen LogP contribution is 2.35. The third-order valence-corrected chi connectivity index (χ3v) is 6.37. The number of halogens is 3. The highest BCUT2D eigenvalue weighted by atomic mass is 35.5. The zero-order valence-corrected chi connectivity index (χ0v) is 20.2. The van der Waals surface area contributed by atoms with Crippen molar-refractivity contribution < 1.29 is 9.23 Å². The molecular weight excluding hydrogens is 494 g/mol. The van der Waals surface area contributed by atoms with Gasteiger partial charge in [-0.3, -0.25) is 4.79 Å². The molecule has 3 heterocycles. The molecule has 2 aromatic heterocycles. The maximum Gasteiger partial charge on any atom is 0.285 e. The van der Waals surface area contributed by atoms with Crippen molar-refractivity contribution in [2.24, 2.45) is 0 Å². The van der Waals surface area contributed by atoms with E-state index in [0.717, 1.165) is 36.6 Å². The van der Waals surface area contributed by atoms with Crippen LogP contribution in [0.5, 0.6) is 0 Å². The Balaban J connectivity index is 1.62. The molecule has 0 radical (unpaired) electrons. The van der Waals surface area contributed by atoms with E-state index < -0.39 is 11.4 Å². The number of piperazine rings is 1. The van der Waals surface area contributed by atoms with E-state index in [1.165, 1.54) is 31.4 Å². The van der Waals surface area contributed by atoms with Crippen LogP contribution >= 0.6 is 23.2 Å². The molecule has 5 rings (SSSR count). The molecule has 0 aliphatic carbocycles. The molecule has 8 nitrogen and oxygen atoms in total. The smallest absolute Gasteiger partial charge is 0.285 e. The van der Waals surface area contributed by atoms with E-state index >= 15 is 0 Å². The van der Waals surface area contributed by atoms with E-state index in [2.05, 4.69) is 25.5 Å². The quantitative estimate of drug-likeness (QED) is 0.414. The molecule has 2 N–H and O–H groups in total. The molecule has 11 heteroatoms. The summed E-state index contributed by atoms with van der Waals surface area (Å²) in [7, 11) is 1.35. The van der Waals surface area contributed by atoms with E-state index in [4.69, 9.17) is 28.0 Å². The molecule has 35 heavy (non-hydrogen) atoms. The van der Waals surface area contributed by atoms with Gasteiger partial charge < -0.3 is 20.4 Å². The van der Waals surface area contributed by atoms with Crippen LogP contribution in [0.15, 0.2) is 53.3 Å². The lowest BCUT2D eigenvalue weighted by Crippen LogP contribution is -2.43. The summed E-state index contributed by atoms with van der Waals surface area (Å²) in [6, 6.07) is 12.8. The van der Waals surface area contributed by atoms with Gasteiger partial charge in [-0.05, 0) is 36.4 Å². The van der Waals surface area contributed by atoms with Crippen LogP contribution < -0.4 is 25.9 Å². The van der Waals surface area contributed by atoms with Gasteiger partial charge >= 0.3 is 0 Å². The number of aromatic nitrogens is 3. The molecule has 2 aromatic carbocycles. The number of nitrogens with zero attached hydrogens (tertiary/aromatic N) is 4. The second kappa shape index (κ2) is 9.69. The van der Waals surface area contributed by atoms with E-state index in [0.29, 0.717) is 16.1 Å². The highest BCUT2D eigenvalue weighted by molar-refractivity contribution is 6.34. The summed E-state index contributed by atoms with van der Waals surface area (Å²) in [5.41, 5.74) is 1.60. The van der Waals surface area contributed by atoms with Crippen LogP contribution in [0.4, 0.5) is 21.7 Å². The number of hydrogen-bond acceptors (Lipinski definition) is 7. The van der Waals surface area contributed by atoms with Crippen LogP contribution in [0.2, 0.25) is 10.0 Å². The fraction of sp³-hybridized carbons (Fsp3) is 0.208. The lowest BCUT2D eigenvalue weighted by atomic mass is 10.1. The van der Waals surface area contributed by atoms with Crippen molar-refractivity contribution in [2.45, 2.75) is 0 Å². The third-order valence-electron chi connectivity index (χ3n) is 5.75. The number of benzene rings is 2. The van der Waals surface area contributed by atoms with Gasteiger partial charge in [0.15, 0.2) is 5.65 Å². The maximum atomic E-state index is 14.9. The molecule has 0 spiro atoms. The number of hydrogen-bond donors (Lipinski definition) is 2. The van der Waals surface area contributed by atoms with Gasteiger partial charge in [-0.15, -0.1) is 4.73 Å². The summed E-state index contributed by atoms with van der Waals surface area (Å²) in [5.74, 6) is -0.434. The van der Waals surface area contributed by atoms with Crippen molar-refractivity contribution in [3.05, 3.63) is 74.7 Å². The van der Waals surface area contributed by atoms with Gasteiger partial charge in [0.25, 0.3) is 5.56 Å². The third kappa shape index (κ3) is 4.50. The Labute approximate surface area is 210 Å². The normalized spacial score (nSPS) is 13.8. The molecule has 1 saturated heterocycles. The van der Waals surface area contributed by atoms with Crippen LogP contribution in [0.1, 0.15) is 0 Å². The first-order valence-electron chi connectivity index (χ1n) is 10.9. The summed E-state index contributed by atoms with van der Waals surface area (Å²) < 4.78 is 15.9. The number of rotatable bonds is 5. The number of pyridine rings is 1. The average Bonchev–Trinajstić information content (AvgIpc) is 2.84. The number of anilines is 3. The van der Waals surface area contributed by atoms with Gasteiger partial charge in [0.1, 0.15) is 12.9 Å². The summed E-state index contributed by atoms with van der Waals surface area (Å²) in [4.78, 5) is 28.9. The fourth-order valence-electron chi connectivity index (χ4n) is 4.12. The predicted octanol–water partition coefficient (Wildman–Crippen LogP) is 4.12. The molecular formula is C24H21Cl2FN6O2. The summed E-state index contributed by atoms with van der Waals surface area (Å²) in [6.45, 7) is 3.51. The van der Waals surface area contributed by atoms with Gasteiger partial charge in [-0.2, -0.15) is 4.98 Å². The van der Waals surface area contributed by atoms with E-state index in [-0.39, 0.29) is 27.9 Å². The summed E-state index contributed by atoms with van der Waals surface area (Å²) in [6.07, 6.45) is 0. The Hall–Kier alpha value is -3.40. The molecule has 0 amide bonds. The minimum absolute atomic E-state index is 0.0954. The van der Waals surface area contributed by atoms with Gasteiger partial charge in [-0.1, -0.05) is 29.3 Å². The number of nitrogens with one attached hydrogen (secondary N) is 2. The molecule has 0 unspecified atom stereocenters. The lowest BCUT2D eigenvalue weighted by Gasteiger charge is -2.30. The van der Waals surface area contributed by atoms with Crippen molar-refractivity contribution in [3.8, 4) is 11.3 Å². The van der Waals surface area contributed by atoms with E-state index in [1.807, 2.05) is 12.1 Å². The second-order valence-electron chi connectivity index (χ2n) is 7.91. The standard InChI is InChI=1S/C24H21Cl2FN6O2/c1-35-33-20(34)8-6-15-22(21-16(25)3-2-4-18(21)27)30-24(31-23(15)33)29-14-5-7-19(17(26)13-14)32-11-9-28-10-12-32/h2-8,13,28H,9-12H2,1H3,(H,29,30,31). The van der Waals surface area contributed by atoms with Crippen LogP contribution in [-0.4, -0.2) is 48.0 Å². The Morgan fingerprint density at radius 2 is 1.86 bits per heavy atom. The highest BCUT2D eigenvalue weighted by Gasteiger charge is 2.20. The monoisotopic (exact) mass is 514 g/mol. The first-order valence-corrected chi connectivity index (χ1v) is 11.7. The molecule has 1 aliphatic heterocycles. The minimum atomic E-state index is -0.554. The minimum Gasteiger partial charge on any atom is -0.412 e. The van der Waals surface area contributed by atoms with Crippen molar-refractivity contribution in [3.63, 3.8) is 0 Å². The van der Waals surface area contributed by atoms with Crippen molar-refractivity contribution >= 4 is 51.6 Å². The largest absolute Gasteiger partial charge is 0.412 e. The van der Waals surface area contributed by atoms with Gasteiger partial charge in [0.05, 0.1) is 27.0 Å². The first-order chi connectivity index (χ1) is 17.0. The Morgan fingerprint density at radius 3 is 2.57 bits per heavy atom. The SMILES string of the molecule is COn1c(=O)ccc2c(-c3c(F)cccc3Cl)nc(Nc3ccc(N4CCNCC4)c(Cl)c3)nc21. The average molecular weight is 515 g/mol. The Bertz CT molecular complexity index is 1450. The van der Waals surface area contributed by atoms with Gasteiger partial charge in [0, 0.05) is 43.3 Å². The molecule has 1 aliphatic rings. The second-order valence-corrected chi connectivity index (χ2v) is 8.72. The fourth-order valence-corrected chi connectivity index (χ4v) is 4.67. The van der Waals surface area contributed by atoms with Crippen LogP contribution in [0.3, 0.4) is 0 Å². The molecule has 0 atom stereocenters. The molecule has 4 aromatic rings.